The Balaban J connectivity index is 2.30. The summed E-state index contributed by atoms with van der Waals surface area (Å²) in [6.07, 6.45) is 3.77. The summed E-state index contributed by atoms with van der Waals surface area (Å²) in [5.74, 6) is 0. The lowest BCUT2D eigenvalue weighted by atomic mass is 9.80. The maximum atomic E-state index is 10.5. The third-order valence-electron chi connectivity index (χ3n) is 2.19. The van der Waals surface area contributed by atoms with E-state index in [2.05, 4.69) is 5.10 Å². The van der Waals surface area contributed by atoms with Crippen molar-refractivity contribution in [2.45, 2.75) is 0 Å². The van der Waals surface area contributed by atoms with Gasteiger partial charge in [0.2, 0.25) is 0 Å². The van der Waals surface area contributed by atoms with Gasteiger partial charge in [-0.05, 0) is 17.6 Å². The number of carbonyl (C=O) groups is 1. The Bertz CT molecular complexity index is 493. The van der Waals surface area contributed by atoms with Gasteiger partial charge in [-0.2, -0.15) is 5.10 Å². The Morgan fingerprint density at radius 2 is 1.94 bits per heavy atom. The molecule has 1 aromatic heterocycles. The Labute approximate surface area is 92.1 Å². The quantitative estimate of drug-likeness (QED) is 0.528. The fraction of sp³-hybridized carbons (Fsp3) is 0. The van der Waals surface area contributed by atoms with Crippen LogP contribution >= 0.6 is 0 Å². The standard InChI is InChI=1S/C10H9BN2O3/c14-7-8-5-12-13(6-8)10-3-1-9(2-4-10)11(15)16/h1-7,15-16H. The molecule has 0 fully saturated rings. The van der Waals surface area contributed by atoms with Gasteiger partial charge in [0.1, 0.15) is 0 Å². The lowest BCUT2D eigenvalue weighted by Gasteiger charge is -2.02. The summed E-state index contributed by atoms with van der Waals surface area (Å²) in [4.78, 5) is 10.5. The minimum atomic E-state index is -1.47. The first kappa shape index (κ1) is 10.6. The highest BCUT2D eigenvalue weighted by Gasteiger charge is 2.10. The summed E-state index contributed by atoms with van der Waals surface area (Å²) >= 11 is 0. The van der Waals surface area contributed by atoms with E-state index in [0.717, 1.165) is 12.0 Å². The average Bonchev–Trinajstić information content (AvgIpc) is 2.77. The monoisotopic (exact) mass is 216 g/mol. The molecule has 0 aliphatic heterocycles. The molecule has 5 nitrogen and oxygen atoms in total. The van der Waals surface area contributed by atoms with Crippen LogP contribution in [0.25, 0.3) is 5.69 Å². The van der Waals surface area contributed by atoms with E-state index < -0.39 is 7.12 Å². The van der Waals surface area contributed by atoms with Crippen molar-refractivity contribution in [1.82, 2.24) is 9.78 Å². The van der Waals surface area contributed by atoms with Gasteiger partial charge in [0.15, 0.2) is 6.29 Å². The first-order valence-corrected chi connectivity index (χ1v) is 4.67. The summed E-state index contributed by atoms with van der Waals surface area (Å²) in [6.45, 7) is 0. The highest BCUT2D eigenvalue weighted by atomic mass is 16.4. The van der Waals surface area contributed by atoms with Crippen LogP contribution in [-0.2, 0) is 0 Å². The van der Waals surface area contributed by atoms with Crippen molar-refractivity contribution in [1.29, 1.82) is 0 Å². The molecule has 16 heavy (non-hydrogen) atoms. The van der Waals surface area contributed by atoms with Gasteiger partial charge in [0.05, 0.1) is 17.4 Å². The molecule has 1 heterocycles. The molecule has 0 saturated carbocycles. The van der Waals surface area contributed by atoms with Gasteiger partial charge in [0.25, 0.3) is 0 Å². The van der Waals surface area contributed by atoms with E-state index in [4.69, 9.17) is 10.0 Å². The highest BCUT2D eigenvalue weighted by Crippen LogP contribution is 2.05. The molecule has 0 atom stereocenters. The van der Waals surface area contributed by atoms with Crippen molar-refractivity contribution >= 4 is 18.9 Å². The molecule has 0 radical (unpaired) electrons. The number of carbonyl (C=O) groups excluding carboxylic acids is 1. The fourth-order valence-corrected chi connectivity index (χ4v) is 1.34. The van der Waals surface area contributed by atoms with Crippen molar-refractivity contribution in [3.8, 4) is 5.69 Å². The van der Waals surface area contributed by atoms with E-state index in [1.54, 1.807) is 30.5 Å². The number of benzene rings is 1. The van der Waals surface area contributed by atoms with Crippen LogP contribution in [-0.4, -0.2) is 33.2 Å². The van der Waals surface area contributed by atoms with Crippen molar-refractivity contribution in [2.24, 2.45) is 0 Å². The molecule has 2 N–H and O–H groups in total. The van der Waals surface area contributed by atoms with Gasteiger partial charge >= 0.3 is 7.12 Å². The van der Waals surface area contributed by atoms with Gasteiger partial charge in [0, 0.05) is 6.20 Å². The van der Waals surface area contributed by atoms with Crippen molar-refractivity contribution in [2.75, 3.05) is 0 Å². The number of hydrogen-bond acceptors (Lipinski definition) is 4. The molecule has 2 aromatic rings. The van der Waals surface area contributed by atoms with Gasteiger partial charge in [-0.15, -0.1) is 0 Å². The summed E-state index contributed by atoms with van der Waals surface area (Å²) in [5, 5.41) is 21.8. The van der Waals surface area contributed by atoms with Crippen LogP contribution in [0.3, 0.4) is 0 Å². The number of aromatic nitrogens is 2. The molecule has 6 heteroatoms. The van der Waals surface area contributed by atoms with E-state index in [9.17, 15) is 4.79 Å². The molecule has 0 amide bonds. The molecular weight excluding hydrogens is 207 g/mol. The molecule has 1 aromatic carbocycles. The van der Waals surface area contributed by atoms with Gasteiger partial charge in [-0.1, -0.05) is 12.1 Å². The maximum Gasteiger partial charge on any atom is 0.488 e. The predicted molar refractivity (Wildman–Crippen MR) is 58.8 cm³/mol. The van der Waals surface area contributed by atoms with Crippen LogP contribution in [0.5, 0.6) is 0 Å². The van der Waals surface area contributed by atoms with Crippen LogP contribution in [0.4, 0.5) is 0 Å². The molecule has 0 bridgehead atoms. The highest BCUT2D eigenvalue weighted by molar-refractivity contribution is 6.58. The lowest BCUT2D eigenvalue weighted by molar-refractivity contribution is 0.112. The van der Waals surface area contributed by atoms with Crippen LogP contribution in [0.1, 0.15) is 10.4 Å². The number of hydrogen-bond donors (Lipinski definition) is 2. The molecule has 80 valence electrons. The van der Waals surface area contributed by atoms with Crippen LogP contribution < -0.4 is 5.46 Å². The van der Waals surface area contributed by atoms with E-state index in [0.29, 0.717) is 11.0 Å². The number of rotatable bonds is 3. The molecule has 0 aliphatic carbocycles. The zero-order chi connectivity index (χ0) is 11.5. The Kier molecular flexibility index (Phi) is 2.85. The maximum absolute atomic E-state index is 10.5. The van der Waals surface area contributed by atoms with Gasteiger partial charge in [-0.25, -0.2) is 4.68 Å². The number of aldehydes is 1. The van der Waals surface area contributed by atoms with Gasteiger partial charge in [-0.3, -0.25) is 4.79 Å². The number of nitrogens with zero attached hydrogens (tertiary/aromatic N) is 2. The summed E-state index contributed by atoms with van der Waals surface area (Å²) in [6, 6.07) is 6.55. The topological polar surface area (TPSA) is 75.4 Å². The first-order chi connectivity index (χ1) is 7.70. The Hall–Kier alpha value is -1.92. The minimum absolute atomic E-state index is 0.409. The van der Waals surface area contributed by atoms with Gasteiger partial charge < -0.3 is 10.0 Å². The SMILES string of the molecule is O=Cc1cnn(-c2ccc(B(O)O)cc2)c1. The molecule has 0 saturated heterocycles. The zero-order valence-corrected chi connectivity index (χ0v) is 8.32. The van der Waals surface area contributed by atoms with E-state index in [-0.39, 0.29) is 0 Å². The second kappa shape index (κ2) is 4.30. The smallest absolute Gasteiger partial charge is 0.423 e. The molecular formula is C10H9BN2O3. The normalized spacial score (nSPS) is 10.1. The van der Waals surface area contributed by atoms with Crippen LogP contribution in [0, 0.1) is 0 Å². The summed E-state index contributed by atoms with van der Waals surface area (Å²) < 4.78 is 1.54. The average molecular weight is 216 g/mol. The zero-order valence-electron chi connectivity index (χ0n) is 8.32. The van der Waals surface area contributed by atoms with Crippen LogP contribution in [0.15, 0.2) is 36.7 Å². The van der Waals surface area contributed by atoms with Crippen molar-refractivity contribution in [3.05, 3.63) is 42.2 Å². The predicted octanol–water partition coefficient (Wildman–Crippen LogP) is -0.635. The van der Waals surface area contributed by atoms with Crippen molar-refractivity contribution < 1.29 is 14.8 Å². The summed E-state index contributed by atoms with van der Waals surface area (Å²) in [7, 11) is -1.47. The van der Waals surface area contributed by atoms with E-state index in [1.807, 2.05) is 0 Å². The molecule has 0 aliphatic rings. The Morgan fingerprint density at radius 3 is 2.44 bits per heavy atom. The van der Waals surface area contributed by atoms with Crippen LogP contribution in [0.2, 0.25) is 0 Å². The second-order valence-electron chi connectivity index (χ2n) is 3.30. The van der Waals surface area contributed by atoms with E-state index in [1.165, 1.54) is 10.9 Å². The third kappa shape index (κ3) is 2.02. The minimum Gasteiger partial charge on any atom is -0.423 e. The molecule has 0 unspecified atom stereocenters. The Morgan fingerprint density at radius 1 is 1.25 bits per heavy atom. The second-order valence-corrected chi connectivity index (χ2v) is 3.30. The molecule has 2 rings (SSSR count). The third-order valence-corrected chi connectivity index (χ3v) is 2.19. The largest absolute Gasteiger partial charge is 0.488 e. The first-order valence-electron chi connectivity index (χ1n) is 4.67. The lowest BCUT2D eigenvalue weighted by Crippen LogP contribution is -2.29. The van der Waals surface area contributed by atoms with Crippen molar-refractivity contribution in [3.63, 3.8) is 0 Å². The molecule has 0 spiro atoms. The van der Waals surface area contributed by atoms with E-state index >= 15 is 0 Å². The summed E-state index contributed by atoms with van der Waals surface area (Å²) in [5.41, 5.74) is 1.65. The fourth-order valence-electron chi connectivity index (χ4n) is 1.34.